The smallest absolute Gasteiger partial charge is 0.328 e. The van der Waals surface area contributed by atoms with Gasteiger partial charge >= 0.3 is 11.9 Å². The van der Waals surface area contributed by atoms with Crippen LogP contribution in [0.25, 0.3) is 22.5 Å². The first-order valence-electron chi connectivity index (χ1n) is 21.2. The summed E-state index contributed by atoms with van der Waals surface area (Å²) in [7, 11) is 1.38. The first-order valence-corrected chi connectivity index (χ1v) is 21.2. The first-order chi connectivity index (χ1) is 32.9. The number of carboxylic acids is 1. The molecule has 334 valence electrons. The van der Waals surface area contributed by atoms with Crippen LogP contribution in [0.4, 0.5) is 11.6 Å². The van der Waals surface area contributed by atoms with Crippen molar-refractivity contribution < 1.29 is 29.1 Å². The minimum absolute atomic E-state index is 0.342. The molecule has 0 bridgehead atoms. The Hall–Kier alpha value is -9.04. The number of carbonyl (C=O) groups is 2. The molecule has 14 heteroatoms. The van der Waals surface area contributed by atoms with Gasteiger partial charge < -0.3 is 30.2 Å². The number of carbonyl (C=O) groups excluding carboxylic acids is 1. The van der Waals surface area contributed by atoms with E-state index in [1.54, 1.807) is 18.5 Å². The second kappa shape index (κ2) is 24.1. The van der Waals surface area contributed by atoms with Crippen LogP contribution in [-0.4, -0.2) is 68.6 Å². The number of oxime groups is 2. The number of aliphatic carboxylic acids is 1. The van der Waals surface area contributed by atoms with Gasteiger partial charge in [0.15, 0.2) is 11.5 Å². The van der Waals surface area contributed by atoms with Crippen LogP contribution in [0.15, 0.2) is 205 Å². The number of anilines is 2. The van der Waals surface area contributed by atoms with Gasteiger partial charge in [-0.1, -0.05) is 156 Å². The normalized spacial score (nSPS) is 11.7. The van der Waals surface area contributed by atoms with Crippen LogP contribution in [0.2, 0.25) is 0 Å². The molecule has 3 N–H and O–H groups in total. The van der Waals surface area contributed by atoms with Crippen LogP contribution < -0.4 is 20.3 Å². The molecule has 14 nitrogen and oxygen atoms in total. The van der Waals surface area contributed by atoms with Gasteiger partial charge in [0.2, 0.25) is 0 Å². The third kappa shape index (κ3) is 14.5. The highest BCUT2D eigenvalue weighted by atomic mass is 16.6. The molecule has 0 saturated heterocycles. The van der Waals surface area contributed by atoms with Gasteiger partial charge in [0, 0.05) is 36.1 Å². The van der Waals surface area contributed by atoms with Crippen molar-refractivity contribution in [2.24, 2.45) is 10.3 Å². The lowest BCUT2D eigenvalue weighted by molar-refractivity contribution is -0.141. The Morgan fingerprint density at radius 1 is 0.537 bits per heavy atom. The molecule has 0 radical (unpaired) electrons. The van der Waals surface area contributed by atoms with Crippen molar-refractivity contribution in [3.8, 4) is 34.0 Å². The summed E-state index contributed by atoms with van der Waals surface area (Å²) in [4.78, 5) is 51.9. The average Bonchev–Trinajstić information content (AvgIpc) is 3.38. The topological polar surface area (TPSA) is 182 Å². The summed E-state index contributed by atoms with van der Waals surface area (Å²) >= 11 is 0. The molecule has 2 atom stereocenters. The van der Waals surface area contributed by atoms with Gasteiger partial charge in [-0.15, -0.1) is 0 Å². The number of methoxy groups -OCH3 is 1. The molecule has 2 aromatic heterocycles. The summed E-state index contributed by atoms with van der Waals surface area (Å²) in [5.41, 5.74) is 6.90. The molecular weight excluding hydrogens is 845 g/mol. The van der Waals surface area contributed by atoms with Gasteiger partial charge in [-0.3, -0.25) is 0 Å². The summed E-state index contributed by atoms with van der Waals surface area (Å²) in [5, 5.41) is 23.8. The van der Waals surface area contributed by atoms with E-state index in [0.717, 1.165) is 39.1 Å². The lowest BCUT2D eigenvalue weighted by Gasteiger charge is -2.17. The molecular formula is C53H46N8O6. The number of nitrogens with zero attached hydrogens (tertiary/aromatic N) is 6. The van der Waals surface area contributed by atoms with E-state index in [4.69, 9.17) is 14.4 Å². The summed E-state index contributed by atoms with van der Waals surface area (Å²) in [6.45, 7) is 0. The highest BCUT2D eigenvalue weighted by Gasteiger charge is 2.21. The molecule has 2 unspecified atom stereocenters. The van der Waals surface area contributed by atoms with E-state index in [1.165, 1.54) is 19.8 Å². The average molecular weight is 891 g/mol. The summed E-state index contributed by atoms with van der Waals surface area (Å²) in [6.07, 6.45) is 6.99. The van der Waals surface area contributed by atoms with E-state index in [9.17, 15) is 14.7 Å². The predicted molar refractivity (Wildman–Crippen MR) is 259 cm³/mol. The number of benzene rings is 6. The number of carboxylic acid groups (broad SMARTS) is 1. The summed E-state index contributed by atoms with van der Waals surface area (Å²) in [5.74, 6) is 1.03. The van der Waals surface area contributed by atoms with E-state index in [-0.39, 0.29) is 5.97 Å². The standard InChI is InChI=1S/C27H24N4O3.C26H22N4O3/c1-33-27(32)25(16-20-8-4-2-5-9-20)31-26-17-24(28-19-29-26)22-14-12-21(13-15-22)18-30-34-23-10-6-3-7-11-23;31-26(32)24(15-19-7-3-1-4-8-19)30-25-16-23(27-18-28-25)21-13-11-20(12-14-21)17-29-33-22-9-5-2-6-10-22/h2-15,17-19,25H,16H2,1H3,(H,28,29,31);1-14,16-18,24H,15H2,(H,31,32)(H,27,28,30)/b30-18+;29-17+. The second-order valence-corrected chi connectivity index (χ2v) is 14.7. The third-order valence-corrected chi connectivity index (χ3v) is 9.95. The van der Waals surface area contributed by atoms with Gasteiger partial charge in [-0.25, -0.2) is 29.5 Å². The maximum absolute atomic E-state index is 12.3. The van der Waals surface area contributed by atoms with Crippen molar-refractivity contribution in [1.29, 1.82) is 0 Å². The molecule has 0 aliphatic heterocycles. The zero-order valence-corrected chi connectivity index (χ0v) is 36.4. The van der Waals surface area contributed by atoms with Gasteiger partial charge in [0.25, 0.3) is 0 Å². The summed E-state index contributed by atoms with van der Waals surface area (Å²) < 4.78 is 4.98. The van der Waals surface area contributed by atoms with Crippen molar-refractivity contribution in [3.05, 3.63) is 217 Å². The van der Waals surface area contributed by atoms with E-state index >= 15 is 0 Å². The molecule has 8 rings (SSSR count). The number of para-hydroxylation sites is 2. The number of ether oxygens (including phenoxy) is 1. The SMILES string of the molecule is COC(=O)C(Cc1ccccc1)Nc1cc(-c2ccc(/C=N/Oc3ccccc3)cc2)ncn1.O=C(O)C(Cc1ccccc1)Nc1cc(-c2ccc(/C=N/Oc3ccccc3)cc2)ncn1. The number of aromatic nitrogens is 4. The van der Waals surface area contributed by atoms with E-state index in [1.807, 2.05) is 176 Å². The van der Waals surface area contributed by atoms with Crippen LogP contribution in [-0.2, 0) is 27.2 Å². The van der Waals surface area contributed by atoms with Crippen LogP contribution in [0, 0.1) is 0 Å². The van der Waals surface area contributed by atoms with Gasteiger partial charge in [-0.2, -0.15) is 0 Å². The maximum atomic E-state index is 12.3. The van der Waals surface area contributed by atoms with Crippen LogP contribution in [0.1, 0.15) is 22.3 Å². The molecule has 0 amide bonds. The zero-order valence-electron chi connectivity index (χ0n) is 36.4. The van der Waals surface area contributed by atoms with Crippen molar-refractivity contribution in [3.63, 3.8) is 0 Å². The minimum Gasteiger partial charge on any atom is -0.480 e. The largest absolute Gasteiger partial charge is 0.480 e. The lowest BCUT2D eigenvalue weighted by atomic mass is 10.1. The first kappa shape index (κ1) is 46.0. The monoisotopic (exact) mass is 890 g/mol. The van der Waals surface area contributed by atoms with Gasteiger partial charge in [0.05, 0.1) is 30.9 Å². The molecule has 6 aromatic carbocycles. The van der Waals surface area contributed by atoms with Crippen LogP contribution >= 0.6 is 0 Å². The third-order valence-electron chi connectivity index (χ3n) is 9.95. The van der Waals surface area contributed by atoms with Crippen molar-refractivity contribution >= 4 is 36.0 Å². The molecule has 0 aliphatic carbocycles. The molecule has 8 aromatic rings. The molecule has 2 heterocycles. The fraction of sp³-hybridized carbons (Fsp3) is 0.0943. The number of esters is 1. The minimum atomic E-state index is -0.944. The van der Waals surface area contributed by atoms with Gasteiger partial charge in [0.1, 0.15) is 36.4 Å². The van der Waals surface area contributed by atoms with Crippen molar-refractivity contribution in [2.75, 3.05) is 17.7 Å². The second-order valence-electron chi connectivity index (χ2n) is 14.7. The van der Waals surface area contributed by atoms with E-state index in [2.05, 4.69) is 40.9 Å². The Labute approximate surface area is 387 Å². The Balaban J connectivity index is 0.000000199. The fourth-order valence-electron chi connectivity index (χ4n) is 6.52. The Morgan fingerprint density at radius 3 is 1.33 bits per heavy atom. The van der Waals surface area contributed by atoms with Crippen LogP contribution in [0.5, 0.6) is 11.5 Å². The quantitative estimate of drug-likeness (QED) is 0.0422. The van der Waals surface area contributed by atoms with Crippen LogP contribution in [0.3, 0.4) is 0 Å². The van der Waals surface area contributed by atoms with Crippen molar-refractivity contribution in [2.45, 2.75) is 24.9 Å². The Kier molecular flexibility index (Phi) is 16.6. The highest BCUT2D eigenvalue weighted by molar-refractivity contribution is 5.82. The molecule has 0 spiro atoms. The van der Waals surface area contributed by atoms with Crippen molar-refractivity contribution in [1.82, 2.24) is 19.9 Å². The highest BCUT2D eigenvalue weighted by Crippen LogP contribution is 2.22. The van der Waals surface area contributed by atoms with E-state index in [0.29, 0.717) is 41.7 Å². The van der Waals surface area contributed by atoms with Gasteiger partial charge in [-0.05, 0) is 46.5 Å². The fourth-order valence-corrected chi connectivity index (χ4v) is 6.52. The number of hydrogen-bond acceptors (Lipinski definition) is 13. The molecule has 0 saturated carbocycles. The number of hydrogen-bond donors (Lipinski definition) is 3. The number of nitrogens with one attached hydrogen (secondary N) is 2. The Morgan fingerprint density at radius 2 is 0.925 bits per heavy atom. The maximum Gasteiger partial charge on any atom is 0.328 e. The summed E-state index contributed by atoms with van der Waals surface area (Å²) in [6, 6.07) is 55.5. The Bertz CT molecular complexity index is 2840. The lowest BCUT2D eigenvalue weighted by Crippen LogP contribution is -2.33. The molecule has 67 heavy (non-hydrogen) atoms. The number of rotatable bonds is 18. The molecule has 0 fully saturated rings. The predicted octanol–water partition coefficient (Wildman–Crippen LogP) is 9.42. The molecule has 0 aliphatic rings. The zero-order chi connectivity index (χ0) is 46.5. The van der Waals surface area contributed by atoms with E-state index < -0.39 is 18.1 Å².